The van der Waals surface area contributed by atoms with Gasteiger partial charge in [-0.25, -0.2) is 4.79 Å². The Bertz CT molecular complexity index is 1490. The average Bonchev–Trinajstić information content (AvgIpc) is 3.04. The topological polar surface area (TPSA) is 105 Å². The second-order valence-corrected chi connectivity index (χ2v) is 11.3. The fourth-order valence-electron chi connectivity index (χ4n) is 4.92. The maximum atomic E-state index is 12.4. The zero-order valence-corrected chi connectivity index (χ0v) is 24.0. The lowest BCUT2D eigenvalue weighted by Crippen LogP contribution is -2.38. The lowest BCUT2D eigenvalue weighted by molar-refractivity contribution is -0.268. The number of carboxylic acids is 1. The molecule has 0 aliphatic carbocycles. The highest BCUT2D eigenvalue weighted by molar-refractivity contribution is 7.99. The summed E-state index contributed by atoms with van der Waals surface area (Å²) in [7, 11) is 0. The highest BCUT2D eigenvalue weighted by Gasteiger charge is 2.38. The van der Waals surface area contributed by atoms with Crippen LogP contribution in [0.5, 0.6) is 0 Å². The van der Waals surface area contributed by atoms with Crippen molar-refractivity contribution in [3.05, 3.63) is 137 Å². The summed E-state index contributed by atoms with van der Waals surface area (Å²) in [5, 5.41) is 22.1. The van der Waals surface area contributed by atoms with Crippen LogP contribution in [-0.2, 0) is 22.6 Å². The molecule has 0 saturated carbocycles. The fraction of sp³-hybridized carbons (Fsp3) is 0.235. The Morgan fingerprint density at radius 2 is 1.45 bits per heavy atom. The Hall–Kier alpha value is -3.95. The maximum Gasteiger partial charge on any atom is 0.336 e. The molecule has 0 aromatic heterocycles. The Morgan fingerprint density at radius 1 is 0.810 bits per heavy atom. The number of nitrogens with one attached hydrogen (secondary N) is 1. The van der Waals surface area contributed by atoms with Gasteiger partial charge in [-0.15, -0.1) is 11.8 Å². The number of carbonyl (C=O) groups excluding carboxylic acids is 1. The predicted molar refractivity (Wildman–Crippen MR) is 161 cm³/mol. The molecule has 0 spiro atoms. The van der Waals surface area contributed by atoms with Crippen molar-refractivity contribution >= 4 is 23.6 Å². The summed E-state index contributed by atoms with van der Waals surface area (Å²) in [6.07, 6.45) is -1.15. The molecule has 5 rings (SSSR count). The molecule has 0 radical (unpaired) electrons. The first-order valence-electron chi connectivity index (χ1n) is 13.8. The van der Waals surface area contributed by atoms with E-state index in [1.54, 1.807) is 24.3 Å². The molecule has 1 amide bonds. The molecule has 42 heavy (non-hydrogen) atoms. The minimum Gasteiger partial charge on any atom is -0.478 e. The Labute approximate surface area is 249 Å². The van der Waals surface area contributed by atoms with Crippen LogP contribution < -0.4 is 5.32 Å². The van der Waals surface area contributed by atoms with E-state index >= 15 is 0 Å². The van der Waals surface area contributed by atoms with Gasteiger partial charge in [0.1, 0.15) is 0 Å². The van der Waals surface area contributed by atoms with E-state index in [2.05, 4.69) is 12.2 Å². The number of carbonyl (C=O) groups is 2. The number of aromatic carboxylic acids is 1. The fourth-order valence-corrected chi connectivity index (χ4v) is 6.13. The van der Waals surface area contributed by atoms with Crippen LogP contribution in [0.15, 0.2) is 108 Å². The zero-order chi connectivity index (χ0) is 29.5. The van der Waals surface area contributed by atoms with Crippen LogP contribution >= 0.6 is 11.8 Å². The van der Waals surface area contributed by atoms with Crippen LogP contribution in [0.25, 0.3) is 0 Å². The predicted octanol–water partition coefficient (Wildman–Crippen LogP) is 6.39. The van der Waals surface area contributed by atoms with Gasteiger partial charge >= 0.3 is 5.97 Å². The molecule has 1 aliphatic heterocycles. The number of ether oxygens (including phenoxy) is 2. The summed E-state index contributed by atoms with van der Waals surface area (Å²) in [6.45, 7) is 2.43. The second kappa shape index (κ2) is 13.8. The number of carboxylic acid groups (broad SMARTS) is 1. The van der Waals surface area contributed by atoms with Gasteiger partial charge in [0.05, 0.1) is 24.4 Å². The Kier molecular flexibility index (Phi) is 9.71. The number of benzene rings is 4. The van der Waals surface area contributed by atoms with Crippen LogP contribution in [0, 0.1) is 5.92 Å². The van der Waals surface area contributed by atoms with E-state index in [0.29, 0.717) is 22.8 Å². The van der Waals surface area contributed by atoms with Gasteiger partial charge in [-0.3, -0.25) is 4.79 Å². The first kappa shape index (κ1) is 29.5. The molecule has 4 aromatic rings. The third-order valence-corrected chi connectivity index (χ3v) is 8.55. The first-order valence-corrected chi connectivity index (χ1v) is 14.8. The smallest absolute Gasteiger partial charge is 0.336 e. The second-order valence-electron chi connectivity index (χ2n) is 10.2. The lowest BCUT2D eigenvalue weighted by Gasteiger charge is -2.41. The van der Waals surface area contributed by atoms with E-state index in [1.807, 2.05) is 78.9 Å². The van der Waals surface area contributed by atoms with Crippen molar-refractivity contribution in [2.24, 2.45) is 5.92 Å². The van der Waals surface area contributed by atoms with Crippen LogP contribution in [-0.4, -0.2) is 33.9 Å². The molecule has 1 fully saturated rings. The van der Waals surface area contributed by atoms with E-state index in [0.717, 1.165) is 22.3 Å². The maximum absolute atomic E-state index is 12.4. The minimum atomic E-state index is -0.959. The number of aliphatic hydroxyl groups is 1. The van der Waals surface area contributed by atoms with Crippen molar-refractivity contribution < 1.29 is 29.3 Å². The third-order valence-electron chi connectivity index (χ3n) is 7.38. The molecule has 216 valence electrons. The van der Waals surface area contributed by atoms with E-state index in [-0.39, 0.29) is 36.2 Å². The summed E-state index contributed by atoms with van der Waals surface area (Å²) < 4.78 is 13.0. The zero-order valence-electron chi connectivity index (χ0n) is 23.2. The molecule has 0 bridgehead atoms. The SMILES string of the molecule is CC1C(CSc2ccccc2C(=O)O)OC(c2ccc(CNC(=O)c3ccccc3)cc2)OC1c1ccc(CO)cc1. The molecule has 1 heterocycles. The van der Waals surface area contributed by atoms with Crippen LogP contribution in [0.2, 0.25) is 0 Å². The van der Waals surface area contributed by atoms with Crippen LogP contribution in [0.3, 0.4) is 0 Å². The highest BCUT2D eigenvalue weighted by atomic mass is 32.2. The summed E-state index contributed by atoms with van der Waals surface area (Å²) in [6, 6.07) is 31.6. The minimum absolute atomic E-state index is 0.0295. The Morgan fingerprint density at radius 3 is 2.14 bits per heavy atom. The van der Waals surface area contributed by atoms with E-state index in [9.17, 15) is 19.8 Å². The van der Waals surface area contributed by atoms with Gasteiger partial charge in [0.15, 0.2) is 6.29 Å². The van der Waals surface area contributed by atoms with Crippen molar-refractivity contribution in [2.75, 3.05) is 5.75 Å². The molecule has 4 atom stereocenters. The summed E-state index contributed by atoms with van der Waals surface area (Å²) >= 11 is 1.46. The standard InChI is InChI=1S/C34H33NO6S/c1-22-29(21-42-30-10-6-5-9-28(30)33(38)39)40-34(41-31(22)25-15-13-24(20-36)14-16-25)27-17-11-23(12-18-27)19-35-32(37)26-7-3-2-4-8-26/h2-18,22,29,31,34,36H,19-21H2,1H3,(H,35,37)(H,38,39). The van der Waals surface area contributed by atoms with Crippen molar-refractivity contribution in [1.29, 1.82) is 0 Å². The molecular weight excluding hydrogens is 550 g/mol. The lowest BCUT2D eigenvalue weighted by atomic mass is 9.91. The van der Waals surface area contributed by atoms with Gasteiger partial charge in [-0.1, -0.05) is 85.8 Å². The van der Waals surface area contributed by atoms with Crippen LogP contribution in [0.4, 0.5) is 0 Å². The molecule has 8 heteroatoms. The molecule has 4 unspecified atom stereocenters. The quantitative estimate of drug-likeness (QED) is 0.186. The van der Waals surface area contributed by atoms with Crippen molar-refractivity contribution in [1.82, 2.24) is 5.32 Å². The summed E-state index contributed by atoms with van der Waals surface area (Å²) in [5.41, 5.74) is 4.47. The van der Waals surface area contributed by atoms with E-state index in [1.165, 1.54) is 11.8 Å². The number of rotatable bonds is 10. The third kappa shape index (κ3) is 7.09. The van der Waals surface area contributed by atoms with Gasteiger partial charge in [0.25, 0.3) is 5.91 Å². The number of amides is 1. The monoisotopic (exact) mass is 583 g/mol. The number of thioether (sulfide) groups is 1. The largest absolute Gasteiger partial charge is 0.478 e. The van der Waals surface area contributed by atoms with E-state index in [4.69, 9.17) is 9.47 Å². The highest BCUT2D eigenvalue weighted by Crippen LogP contribution is 2.43. The van der Waals surface area contributed by atoms with Gasteiger partial charge in [-0.2, -0.15) is 0 Å². The van der Waals surface area contributed by atoms with Gasteiger partial charge in [0, 0.05) is 34.2 Å². The number of hydrogen-bond acceptors (Lipinski definition) is 6. The van der Waals surface area contributed by atoms with Gasteiger partial charge < -0.3 is 25.0 Å². The summed E-state index contributed by atoms with van der Waals surface area (Å²) in [4.78, 5) is 24.9. The molecule has 7 nitrogen and oxygen atoms in total. The van der Waals surface area contributed by atoms with Crippen LogP contribution in [0.1, 0.15) is 62.3 Å². The molecule has 4 aromatic carbocycles. The van der Waals surface area contributed by atoms with Crippen molar-refractivity contribution in [3.8, 4) is 0 Å². The number of aliphatic hydroxyl groups excluding tert-OH is 1. The molecule has 3 N–H and O–H groups in total. The first-order chi connectivity index (χ1) is 20.4. The van der Waals surface area contributed by atoms with Gasteiger partial charge in [-0.05, 0) is 41.0 Å². The Balaban J connectivity index is 1.33. The summed E-state index contributed by atoms with van der Waals surface area (Å²) in [5.74, 6) is -0.579. The van der Waals surface area contributed by atoms with Gasteiger partial charge in [0.2, 0.25) is 0 Å². The number of hydrogen-bond donors (Lipinski definition) is 3. The van der Waals surface area contributed by atoms with E-state index < -0.39 is 12.3 Å². The normalized spacial score (nSPS) is 20.1. The average molecular weight is 584 g/mol. The molecular formula is C34H33NO6S. The molecule has 1 aliphatic rings. The van der Waals surface area contributed by atoms with Crippen molar-refractivity contribution in [3.63, 3.8) is 0 Å². The molecule has 1 saturated heterocycles. The van der Waals surface area contributed by atoms with Crippen molar-refractivity contribution in [2.45, 2.75) is 43.5 Å².